The lowest BCUT2D eigenvalue weighted by atomic mass is 10.2. The number of thiophene rings is 1. The second-order valence-corrected chi connectivity index (χ2v) is 4.68. The van der Waals surface area contributed by atoms with Gasteiger partial charge in [0.25, 0.3) is 0 Å². The number of aliphatic hydroxyl groups is 1. The fourth-order valence-electron chi connectivity index (χ4n) is 1.22. The van der Waals surface area contributed by atoms with E-state index in [0.717, 1.165) is 9.75 Å². The van der Waals surface area contributed by atoms with Crippen molar-refractivity contribution in [3.8, 4) is 0 Å². The van der Waals surface area contributed by atoms with Crippen molar-refractivity contribution in [2.24, 2.45) is 0 Å². The summed E-state index contributed by atoms with van der Waals surface area (Å²) in [5, 5.41) is 10.2. The summed E-state index contributed by atoms with van der Waals surface area (Å²) < 4.78 is 5.13. The van der Waals surface area contributed by atoms with Gasteiger partial charge in [-0.05, 0) is 42.8 Å². The molecular weight excluding hydrogens is 220 g/mol. The maximum Gasteiger partial charge on any atom is 0.193 e. The summed E-state index contributed by atoms with van der Waals surface area (Å²) in [5.41, 5.74) is 0. The molecule has 0 spiro atoms. The molecule has 0 aromatic carbocycles. The van der Waals surface area contributed by atoms with Gasteiger partial charge in [0.05, 0.1) is 0 Å². The number of aryl methyl sites for hydroxylation is 1. The lowest BCUT2D eigenvalue weighted by Crippen LogP contribution is -1.93. The largest absolute Gasteiger partial charge is 0.447 e. The van der Waals surface area contributed by atoms with Crippen molar-refractivity contribution in [3.05, 3.63) is 45.0 Å². The number of rotatable bonds is 2. The van der Waals surface area contributed by atoms with Gasteiger partial charge >= 0.3 is 0 Å². The summed E-state index contributed by atoms with van der Waals surface area (Å²) in [5.74, 6) is 0.483. The summed E-state index contributed by atoms with van der Waals surface area (Å²) >= 11 is 7.17. The first-order valence-corrected chi connectivity index (χ1v) is 5.36. The minimum Gasteiger partial charge on any atom is -0.447 e. The van der Waals surface area contributed by atoms with Crippen LogP contribution in [0, 0.1) is 6.92 Å². The van der Waals surface area contributed by atoms with Gasteiger partial charge in [-0.1, -0.05) is 0 Å². The van der Waals surface area contributed by atoms with Crippen molar-refractivity contribution < 1.29 is 9.52 Å². The summed E-state index contributed by atoms with van der Waals surface area (Å²) in [6.07, 6.45) is -0.707. The minimum absolute atomic E-state index is 0.298. The van der Waals surface area contributed by atoms with Gasteiger partial charge in [-0.15, -0.1) is 11.3 Å². The third kappa shape index (κ3) is 1.85. The van der Waals surface area contributed by atoms with E-state index < -0.39 is 6.10 Å². The van der Waals surface area contributed by atoms with Crippen molar-refractivity contribution in [2.45, 2.75) is 13.0 Å². The van der Waals surface area contributed by atoms with Gasteiger partial charge in [0.1, 0.15) is 11.9 Å². The average Bonchev–Trinajstić information content (AvgIpc) is 2.73. The molecule has 4 heteroatoms. The Hall–Kier alpha value is -0.770. The quantitative estimate of drug-likeness (QED) is 0.855. The van der Waals surface area contributed by atoms with Crippen LogP contribution in [-0.2, 0) is 0 Å². The van der Waals surface area contributed by atoms with Crippen molar-refractivity contribution in [1.29, 1.82) is 0 Å². The molecule has 0 saturated carbocycles. The Morgan fingerprint density at radius 1 is 1.36 bits per heavy atom. The summed E-state index contributed by atoms with van der Waals surface area (Å²) in [6, 6.07) is 7.16. The van der Waals surface area contributed by atoms with Gasteiger partial charge in [0.15, 0.2) is 5.22 Å². The van der Waals surface area contributed by atoms with Gasteiger partial charge in [-0.2, -0.15) is 0 Å². The molecule has 2 nitrogen and oxygen atoms in total. The van der Waals surface area contributed by atoms with E-state index in [2.05, 4.69) is 0 Å². The SMILES string of the molecule is Cc1ccc(C(O)c2ccc(Cl)o2)s1. The van der Waals surface area contributed by atoms with E-state index in [-0.39, 0.29) is 0 Å². The molecule has 0 amide bonds. The summed E-state index contributed by atoms with van der Waals surface area (Å²) in [6.45, 7) is 2.00. The van der Waals surface area contributed by atoms with Crippen LogP contribution in [-0.4, -0.2) is 5.11 Å². The number of hydrogen-bond donors (Lipinski definition) is 1. The predicted molar refractivity (Wildman–Crippen MR) is 56.8 cm³/mol. The Morgan fingerprint density at radius 2 is 2.14 bits per heavy atom. The second kappa shape index (κ2) is 3.77. The smallest absolute Gasteiger partial charge is 0.193 e. The molecule has 0 aliphatic heterocycles. The molecule has 14 heavy (non-hydrogen) atoms. The van der Waals surface area contributed by atoms with Crippen LogP contribution in [0.4, 0.5) is 0 Å². The maximum atomic E-state index is 9.88. The van der Waals surface area contributed by atoms with E-state index in [0.29, 0.717) is 11.0 Å². The predicted octanol–water partition coefficient (Wildman–Crippen LogP) is 3.38. The Kier molecular flexibility index (Phi) is 2.63. The van der Waals surface area contributed by atoms with Gasteiger partial charge in [0.2, 0.25) is 0 Å². The molecular formula is C10H9ClO2S. The number of halogens is 1. The highest BCUT2D eigenvalue weighted by Crippen LogP contribution is 2.30. The third-order valence-electron chi connectivity index (χ3n) is 1.89. The van der Waals surface area contributed by atoms with Crippen LogP contribution in [0.25, 0.3) is 0 Å². The molecule has 74 valence electrons. The molecule has 0 aliphatic carbocycles. The first-order chi connectivity index (χ1) is 6.66. The molecule has 0 fully saturated rings. The lowest BCUT2D eigenvalue weighted by molar-refractivity contribution is 0.193. The van der Waals surface area contributed by atoms with Crippen LogP contribution in [0.1, 0.15) is 21.6 Å². The average molecular weight is 229 g/mol. The van der Waals surface area contributed by atoms with Crippen molar-refractivity contribution >= 4 is 22.9 Å². The highest BCUT2D eigenvalue weighted by molar-refractivity contribution is 7.12. The fraction of sp³-hybridized carbons (Fsp3) is 0.200. The number of hydrogen-bond acceptors (Lipinski definition) is 3. The van der Waals surface area contributed by atoms with Crippen LogP contribution in [0.5, 0.6) is 0 Å². The van der Waals surface area contributed by atoms with E-state index in [9.17, 15) is 5.11 Å². The normalized spacial score (nSPS) is 13.1. The van der Waals surface area contributed by atoms with E-state index in [4.69, 9.17) is 16.0 Å². The molecule has 1 atom stereocenters. The summed E-state index contributed by atoms with van der Waals surface area (Å²) in [7, 11) is 0. The number of furan rings is 1. The Bertz CT molecular complexity index is 393. The molecule has 2 aromatic rings. The molecule has 2 aromatic heterocycles. The van der Waals surface area contributed by atoms with E-state index in [1.165, 1.54) is 0 Å². The van der Waals surface area contributed by atoms with Gasteiger partial charge < -0.3 is 9.52 Å². The molecule has 0 aliphatic rings. The Morgan fingerprint density at radius 3 is 2.64 bits per heavy atom. The van der Waals surface area contributed by atoms with E-state index in [1.807, 2.05) is 19.1 Å². The third-order valence-corrected chi connectivity index (χ3v) is 3.15. The molecule has 0 bridgehead atoms. The highest BCUT2D eigenvalue weighted by Gasteiger charge is 2.15. The monoisotopic (exact) mass is 228 g/mol. The standard InChI is InChI=1S/C10H9ClO2S/c1-6-2-4-8(14-6)10(12)7-3-5-9(11)13-7/h2-5,10,12H,1H3. The molecule has 1 unspecified atom stereocenters. The van der Waals surface area contributed by atoms with E-state index in [1.54, 1.807) is 23.5 Å². The van der Waals surface area contributed by atoms with Crippen LogP contribution >= 0.6 is 22.9 Å². The van der Waals surface area contributed by atoms with Crippen molar-refractivity contribution in [3.63, 3.8) is 0 Å². The maximum absolute atomic E-state index is 9.88. The van der Waals surface area contributed by atoms with Crippen molar-refractivity contribution in [2.75, 3.05) is 0 Å². The van der Waals surface area contributed by atoms with E-state index >= 15 is 0 Å². The summed E-state index contributed by atoms with van der Waals surface area (Å²) in [4.78, 5) is 2.03. The van der Waals surface area contributed by atoms with Crippen LogP contribution < -0.4 is 0 Å². The first-order valence-electron chi connectivity index (χ1n) is 4.16. The number of aliphatic hydroxyl groups excluding tert-OH is 1. The zero-order valence-corrected chi connectivity index (χ0v) is 9.10. The first kappa shape index (κ1) is 9.77. The van der Waals surface area contributed by atoms with Gasteiger partial charge in [-0.25, -0.2) is 0 Å². The fourth-order valence-corrected chi connectivity index (χ4v) is 2.24. The Balaban J connectivity index is 2.28. The van der Waals surface area contributed by atoms with Crippen LogP contribution in [0.2, 0.25) is 5.22 Å². The lowest BCUT2D eigenvalue weighted by Gasteiger charge is -2.03. The van der Waals surface area contributed by atoms with Crippen LogP contribution in [0.3, 0.4) is 0 Å². The molecule has 1 N–H and O–H groups in total. The van der Waals surface area contributed by atoms with Crippen LogP contribution in [0.15, 0.2) is 28.7 Å². The molecule has 2 rings (SSSR count). The highest BCUT2D eigenvalue weighted by atomic mass is 35.5. The van der Waals surface area contributed by atoms with Crippen molar-refractivity contribution in [1.82, 2.24) is 0 Å². The second-order valence-electron chi connectivity index (χ2n) is 2.99. The zero-order valence-electron chi connectivity index (χ0n) is 7.53. The zero-order chi connectivity index (χ0) is 10.1. The van der Waals surface area contributed by atoms with Gasteiger partial charge in [-0.3, -0.25) is 0 Å². The topological polar surface area (TPSA) is 33.4 Å². The minimum atomic E-state index is -0.707. The molecule has 2 heterocycles. The Labute approximate surface area is 90.8 Å². The molecule has 0 saturated heterocycles. The molecule has 0 radical (unpaired) electrons. The van der Waals surface area contributed by atoms with Gasteiger partial charge in [0, 0.05) is 9.75 Å².